The first-order valence-corrected chi connectivity index (χ1v) is 6.26. The van der Waals surface area contributed by atoms with Gasteiger partial charge in [0.1, 0.15) is 0 Å². The summed E-state index contributed by atoms with van der Waals surface area (Å²) in [6, 6.07) is 1.89. The topological polar surface area (TPSA) is 75.4 Å². The second-order valence-corrected chi connectivity index (χ2v) is 4.67. The molecule has 1 amide bonds. The molecule has 16 heavy (non-hydrogen) atoms. The number of rotatable bonds is 6. The first-order chi connectivity index (χ1) is 7.59. The van der Waals surface area contributed by atoms with Crippen molar-refractivity contribution in [1.29, 1.82) is 0 Å². The molecular formula is C11H18N2O2S. The van der Waals surface area contributed by atoms with E-state index < -0.39 is 6.10 Å². The average molecular weight is 242 g/mol. The Hall–Kier alpha value is -0.910. The minimum absolute atomic E-state index is 0.0348. The molecular weight excluding hydrogens is 224 g/mol. The van der Waals surface area contributed by atoms with Gasteiger partial charge in [0.2, 0.25) is 5.91 Å². The molecule has 0 saturated carbocycles. The summed E-state index contributed by atoms with van der Waals surface area (Å²) in [4.78, 5) is 11.3. The fourth-order valence-electron chi connectivity index (χ4n) is 1.24. The number of amides is 1. The quantitative estimate of drug-likeness (QED) is 0.697. The molecule has 0 aliphatic rings. The van der Waals surface area contributed by atoms with Crippen LogP contribution in [0.1, 0.15) is 31.4 Å². The van der Waals surface area contributed by atoms with E-state index in [-0.39, 0.29) is 18.5 Å². The van der Waals surface area contributed by atoms with Crippen LogP contribution in [0.2, 0.25) is 0 Å². The van der Waals surface area contributed by atoms with Crippen molar-refractivity contribution in [3.63, 3.8) is 0 Å². The summed E-state index contributed by atoms with van der Waals surface area (Å²) < 4.78 is 0. The van der Waals surface area contributed by atoms with Gasteiger partial charge in [-0.15, -0.1) is 0 Å². The Morgan fingerprint density at radius 2 is 2.44 bits per heavy atom. The highest BCUT2D eigenvalue weighted by Gasteiger charge is 2.09. The molecule has 4 N–H and O–H groups in total. The minimum Gasteiger partial charge on any atom is -0.387 e. The minimum atomic E-state index is -0.620. The van der Waals surface area contributed by atoms with E-state index in [9.17, 15) is 9.90 Å². The van der Waals surface area contributed by atoms with E-state index in [4.69, 9.17) is 5.73 Å². The molecule has 2 unspecified atom stereocenters. The molecule has 1 aromatic heterocycles. The van der Waals surface area contributed by atoms with Gasteiger partial charge < -0.3 is 16.2 Å². The van der Waals surface area contributed by atoms with Gasteiger partial charge >= 0.3 is 0 Å². The van der Waals surface area contributed by atoms with Gasteiger partial charge in [-0.1, -0.05) is 0 Å². The third-order valence-corrected chi connectivity index (χ3v) is 2.95. The van der Waals surface area contributed by atoms with Crippen molar-refractivity contribution in [2.75, 3.05) is 6.54 Å². The van der Waals surface area contributed by atoms with Crippen molar-refractivity contribution in [2.24, 2.45) is 5.73 Å². The second kappa shape index (κ2) is 6.62. The molecule has 90 valence electrons. The van der Waals surface area contributed by atoms with Crippen LogP contribution in [0, 0.1) is 0 Å². The third-order valence-electron chi connectivity index (χ3n) is 2.25. The number of carbonyl (C=O) groups excluding carboxylic acids is 1. The molecule has 0 aliphatic carbocycles. The Morgan fingerprint density at radius 3 is 3.00 bits per heavy atom. The van der Waals surface area contributed by atoms with Crippen LogP contribution in [0.25, 0.3) is 0 Å². The molecule has 5 heteroatoms. The third kappa shape index (κ3) is 4.74. The van der Waals surface area contributed by atoms with Crippen molar-refractivity contribution in [2.45, 2.75) is 31.9 Å². The normalized spacial score (nSPS) is 14.4. The lowest BCUT2D eigenvalue weighted by Gasteiger charge is -2.11. The van der Waals surface area contributed by atoms with E-state index in [1.807, 2.05) is 23.8 Å². The first-order valence-electron chi connectivity index (χ1n) is 5.32. The molecule has 4 nitrogen and oxygen atoms in total. The highest BCUT2D eigenvalue weighted by atomic mass is 32.1. The van der Waals surface area contributed by atoms with Gasteiger partial charge in [0.15, 0.2) is 0 Å². The Kier molecular flexibility index (Phi) is 5.45. The molecule has 0 spiro atoms. The first kappa shape index (κ1) is 13.2. The number of nitrogens with one attached hydrogen (secondary N) is 1. The van der Waals surface area contributed by atoms with Crippen LogP contribution >= 0.6 is 11.3 Å². The van der Waals surface area contributed by atoms with Gasteiger partial charge in [-0.2, -0.15) is 11.3 Å². The summed E-state index contributed by atoms with van der Waals surface area (Å²) in [6.45, 7) is 2.13. The largest absolute Gasteiger partial charge is 0.387 e. The van der Waals surface area contributed by atoms with Crippen molar-refractivity contribution in [3.8, 4) is 0 Å². The van der Waals surface area contributed by atoms with Gasteiger partial charge in [0, 0.05) is 19.0 Å². The number of aliphatic hydroxyl groups excluding tert-OH is 1. The van der Waals surface area contributed by atoms with E-state index in [1.54, 1.807) is 0 Å². The summed E-state index contributed by atoms with van der Waals surface area (Å²) in [5, 5.41) is 16.2. The van der Waals surface area contributed by atoms with E-state index in [0.717, 1.165) is 5.56 Å². The number of nitrogens with two attached hydrogens (primary N) is 1. The number of thiophene rings is 1. The molecule has 0 fully saturated rings. The maximum Gasteiger partial charge on any atom is 0.220 e. The lowest BCUT2D eigenvalue weighted by atomic mass is 10.1. The van der Waals surface area contributed by atoms with Crippen LogP contribution in [-0.2, 0) is 4.79 Å². The molecule has 0 saturated heterocycles. The maximum absolute atomic E-state index is 11.3. The summed E-state index contributed by atoms with van der Waals surface area (Å²) >= 11 is 1.53. The zero-order valence-corrected chi connectivity index (χ0v) is 10.2. The van der Waals surface area contributed by atoms with Crippen molar-refractivity contribution in [3.05, 3.63) is 22.4 Å². The van der Waals surface area contributed by atoms with Crippen molar-refractivity contribution < 1.29 is 9.90 Å². The Labute approximate surface area is 99.5 Å². The molecule has 2 atom stereocenters. The zero-order chi connectivity index (χ0) is 12.0. The lowest BCUT2D eigenvalue weighted by molar-refractivity contribution is -0.121. The van der Waals surface area contributed by atoms with E-state index in [2.05, 4.69) is 5.32 Å². The Balaban J connectivity index is 2.21. The summed E-state index contributed by atoms with van der Waals surface area (Å²) in [6.07, 6.45) is 0.458. The lowest BCUT2D eigenvalue weighted by Crippen LogP contribution is -2.29. The van der Waals surface area contributed by atoms with Crippen LogP contribution in [0.15, 0.2) is 16.8 Å². The standard InChI is InChI=1S/C11H18N2O2S/c1-8(12)2-3-11(15)13-6-10(14)9-4-5-16-7-9/h4-5,7-8,10,14H,2-3,6,12H2,1H3,(H,13,15). The van der Waals surface area contributed by atoms with Gasteiger partial charge in [0.05, 0.1) is 6.10 Å². The molecule has 0 radical (unpaired) electrons. The molecule has 1 heterocycles. The highest BCUT2D eigenvalue weighted by Crippen LogP contribution is 2.14. The molecule has 1 rings (SSSR count). The average Bonchev–Trinajstić information content (AvgIpc) is 2.76. The van der Waals surface area contributed by atoms with Crippen LogP contribution in [-0.4, -0.2) is 23.6 Å². The SMILES string of the molecule is CC(N)CCC(=O)NCC(O)c1ccsc1. The Bertz CT molecular complexity index is 312. The van der Waals surface area contributed by atoms with E-state index in [1.165, 1.54) is 11.3 Å². The Morgan fingerprint density at radius 1 is 1.69 bits per heavy atom. The summed E-state index contributed by atoms with van der Waals surface area (Å²) in [5.41, 5.74) is 6.39. The predicted octanol–water partition coefficient (Wildman–Crippen LogP) is 1.03. The van der Waals surface area contributed by atoms with Gasteiger partial charge in [-0.25, -0.2) is 0 Å². The van der Waals surface area contributed by atoms with Crippen molar-refractivity contribution in [1.82, 2.24) is 5.32 Å². The number of hydrogen-bond acceptors (Lipinski definition) is 4. The van der Waals surface area contributed by atoms with Crippen LogP contribution in [0.3, 0.4) is 0 Å². The number of carbonyl (C=O) groups is 1. The zero-order valence-electron chi connectivity index (χ0n) is 9.35. The van der Waals surface area contributed by atoms with E-state index >= 15 is 0 Å². The highest BCUT2D eigenvalue weighted by molar-refractivity contribution is 7.07. The van der Waals surface area contributed by atoms with Crippen LogP contribution in [0.5, 0.6) is 0 Å². The summed E-state index contributed by atoms with van der Waals surface area (Å²) in [5.74, 6) is -0.0634. The maximum atomic E-state index is 11.3. The van der Waals surface area contributed by atoms with Gasteiger partial charge in [-0.3, -0.25) is 4.79 Å². The van der Waals surface area contributed by atoms with Gasteiger partial charge in [-0.05, 0) is 35.7 Å². The molecule has 0 aromatic carbocycles. The molecule has 1 aromatic rings. The van der Waals surface area contributed by atoms with Crippen molar-refractivity contribution >= 4 is 17.2 Å². The number of aliphatic hydroxyl groups is 1. The van der Waals surface area contributed by atoms with Gasteiger partial charge in [0.25, 0.3) is 0 Å². The second-order valence-electron chi connectivity index (χ2n) is 3.89. The molecule has 0 bridgehead atoms. The predicted molar refractivity (Wildman–Crippen MR) is 65.2 cm³/mol. The fraction of sp³-hybridized carbons (Fsp3) is 0.545. The van der Waals surface area contributed by atoms with Crippen LogP contribution in [0.4, 0.5) is 0 Å². The number of hydrogen-bond donors (Lipinski definition) is 3. The van der Waals surface area contributed by atoms with Crippen LogP contribution < -0.4 is 11.1 Å². The fourth-order valence-corrected chi connectivity index (χ4v) is 1.95. The van der Waals surface area contributed by atoms with E-state index in [0.29, 0.717) is 12.8 Å². The monoisotopic (exact) mass is 242 g/mol. The summed E-state index contributed by atoms with van der Waals surface area (Å²) in [7, 11) is 0. The smallest absolute Gasteiger partial charge is 0.220 e. The molecule has 0 aliphatic heterocycles.